The van der Waals surface area contributed by atoms with Crippen LogP contribution in [0.4, 0.5) is 0 Å². The number of nitrogens with one attached hydrogen (secondary N) is 1. The number of hydrogen-bond acceptors (Lipinski definition) is 2. The van der Waals surface area contributed by atoms with Gasteiger partial charge in [0, 0.05) is 7.05 Å². The third-order valence-electron chi connectivity index (χ3n) is 2.27. The Bertz CT molecular complexity index is 226. The molecule has 2 amide bonds. The van der Waals surface area contributed by atoms with Gasteiger partial charge in [0.15, 0.2) is 0 Å². The minimum absolute atomic E-state index is 0.00903. The molecule has 1 atom stereocenters. The predicted molar refractivity (Wildman–Crippen MR) is 49.0 cm³/mol. The third-order valence-corrected chi connectivity index (χ3v) is 2.27. The van der Waals surface area contributed by atoms with E-state index in [-0.39, 0.29) is 24.4 Å². The van der Waals surface area contributed by atoms with Crippen LogP contribution < -0.4 is 5.32 Å². The molecule has 4 nitrogen and oxygen atoms in total. The summed E-state index contributed by atoms with van der Waals surface area (Å²) in [5, 5.41) is 2.59. The molecular weight excluding hydrogens is 168 g/mol. The van der Waals surface area contributed by atoms with E-state index in [2.05, 4.69) is 5.32 Å². The van der Waals surface area contributed by atoms with Crippen LogP contribution in [0.1, 0.15) is 20.3 Å². The van der Waals surface area contributed by atoms with E-state index >= 15 is 0 Å². The van der Waals surface area contributed by atoms with Gasteiger partial charge in [-0.1, -0.05) is 13.8 Å². The zero-order valence-electron chi connectivity index (χ0n) is 8.33. The molecule has 0 aromatic carbocycles. The molecule has 0 radical (unpaired) electrons. The summed E-state index contributed by atoms with van der Waals surface area (Å²) in [5.41, 5.74) is 0. The van der Waals surface area contributed by atoms with Crippen molar-refractivity contribution in [2.75, 3.05) is 13.6 Å². The fourth-order valence-corrected chi connectivity index (χ4v) is 1.47. The second-order valence-electron chi connectivity index (χ2n) is 3.87. The number of nitrogens with zero attached hydrogens (tertiary/aromatic N) is 1. The highest BCUT2D eigenvalue weighted by atomic mass is 16.2. The average molecular weight is 184 g/mol. The Morgan fingerprint density at radius 3 is 2.69 bits per heavy atom. The van der Waals surface area contributed by atoms with Crippen molar-refractivity contribution < 1.29 is 9.59 Å². The van der Waals surface area contributed by atoms with Gasteiger partial charge in [-0.25, -0.2) is 0 Å². The van der Waals surface area contributed by atoms with Crippen molar-refractivity contribution in [3.8, 4) is 0 Å². The van der Waals surface area contributed by atoms with Gasteiger partial charge in [0.1, 0.15) is 6.04 Å². The maximum Gasteiger partial charge on any atom is 0.243 e. The topological polar surface area (TPSA) is 49.4 Å². The Morgan fingerprint density at radius 1 is 1.54 bits per heavy atom. The fourth-order valence-electron chi connectivity index (χ4n) is 1.47. The number of likely N-dealkylation sites (N-methyl/N-ethyl adjacent to an activating group) is 1. The molecular formula is C9H16N2O2. The summed E-state index contributed by atoms with van der Waals surface area (Å²) in [7, 11) is 1.69. The summed E-state index contributed by atoms with van der Waals surface area (Å²) in [6, 6.07) is -0.277. The lowest BCUT2D eigenvalue weighted by Crippen LogP contribution is -2.57. The van der Waals surface area contributed by atoms with Gasteiger partial charge in [-0.05, 0) is 12.3 Å². The van der Waals surface area contributed by atoms with Gasteiger partial charge in [-0.15, -0.1) is 0 Å². The summed E-state index contributed by atoms with van der Waals surface area (Å²) in [6.45, 7) is 4.23. The van der Waals surface area contributed by atoms with Gasteiger partial charge in [0.2, 0.25) is 11.8 Å². The van der Waals surface area contributed by atoms with Crippen molar-refractivity contribution in [1.29, 1.82) is 0 Å². The van der Waals surface area contributed by atoms with Crippen LogP contribution in [0.3, 0.4) is 0 Å². The van der Waals surface area contributed by atoms with Crippen LogP contribution in [0.15, 0.2) is 0 Å². The van der Waals surface area contributed by atoms with Crippen LogP contribution in [0.25, 0.3) is 0 Å². The second kappa shape index (κ2) is 3.77. The van der Waals surface area contributed by atoms with Gasteiger partial charge in [-0.3, -0.25) is 9.59 Å². The summed E-state index contributed by atoms with van der Waals surface area (Å²) in [5.74, 6) is 0.380. The molecule has 1 fully saturated rings. The summed E-state index contributed by atoms with van der Waals surface area (Å²) >= 11 is 0. The number of amides is 2. The SMILES string of the molecule is CC(C)CC1C(=O)NCC(=O)N1C. The lowest BCUT2D eigenvalue weighted by Gasteiger charge is -2.32. The van der Waals surface area contributed by atoms with Gasteiger partial charge >= 0.3 is 0 Å². The van der Waals surface area contributed by atoms with E-state index in [9.17, 15) is 9.59 Å². The average Bonchev–Trinajstić information content (AvgIpc) is 2.05. The normalized spacial score (nSPS) is 23.7. The molecule has 1 N–H and O–H groups in total. The van der Waals surface area contributed by atoms with E-state index in [1.54, 1.807) is 11.9 Å². The Labute approximate surface area is 78.3 Å². The zero-order chi connectivity index (χ0) is 10.0. The maximum atomic E-state index is 11.4. The van der Waals surface area contributed by atoms with Gasteiger partial charge < -0.3 is 10.2 Å². The molecule has 1 saturated heterocycles. The Kier molecular flexibility index (Phi) is 2.90. The van der Waals surface area contributed by atoms with E-state index in [0.29, 0.717) is 5.92 Å². The number of rotatable bonds is 2. The molecule has 0 saturated carbocycles. The highest BCUT2D eigenvalue weighted by Gasteiger charge is 2.31. The van der Waals surface area contributed by atoms with Crippen molar-refractivity contribution in [1.82, 2.24) is 10.2 Å². The Morgan fingerprint density at radius 2 is 2.15 bits per heavy atom. The van der Waals surface area contributed by atoms with Crippen LogP contribution in [0.5, 0.6) is 0 Å². The molecule has 0 aromatic heterocycles. The van der Waals surface area contributed by atoms with Crippen molar-refractivity contribution >= 4 is 11.8 Å². The second-order valence-corrected chi connectivity index (χ2v) is 3.87. The largest absolute Gasteiger partial charge is 0.345 e. The molecule has 1 heterocycles. The van der Waals surface area contributed by atoms with E-state index < -0.39 is 0 Å². The van der Waals surface area contributed by atoms with Crippen LogP contribution in [-0.4, -0.2) is 36.3 Å². The van der Waals surface area contributed by atoms with Crippen LogP contribution in [-0.2, 0) is 9.59 Å². The summed E-state index contributed by atoms with van der Waals surface area (Å²) in [6.07, 6.45) is 0.730. The van der Waals surface area contributed by atoms with Crippen molar-refractivity contribution in [2.45, 2.75) is 26.3 Å². The summed E-state index contributed by atoms with van der Waals surface area (Å²) in [4.78, 5) is 24.2. The number of piperazine rings is 1. The molecule has 13 heavy (non-hydrogen) atoms. The molecule has 0 aromatic rings. The lowest BCUT2D eigenvalue weighted by molar-refractivity contribution is -0.144. The van der Waals surface area contributed by atoms with Gasteiger partial charge in [-0.2, -0.15) is 0 Å². The van der Waals surface area contributed by atoms with Crippen molar-refractivity contribution in [2.24, 2.45) is 5.92 Å². The van der Waals surface area contributed by atoms with Gasteiger partial charge in [0.25, 0.3) is 0 Å². The first-order valence-corrected chi connectivity index (χ1v) is 4.55. The highest BCUT2D eigenvalue weighted by Crippen LogP contribution is 2.12. The van der Waals surface area contributed by atoms with E-state index in [1.165, 1.54) is 0 Å². The molecule has 1 aliphatic rings. The minimum atomic E-state index is -0.277. The molecule has 1 aliphatic heterocycles. The van der Waals surface area contributed by atoms with Crippen molar-refractivity contribution in [3.63, 3.8) is 0 Å². The third kappa shape index (κ3) is 2.20. The van der Waals surface area contributed by atoms with E-state index in [1.807, 2.05) is 13.8 Å². The minimum Gasteiger partial charge on any atom is -0.345 e. The first-order valence-electron chi connectivity index (χ1n) is 4.55. The van der Waals surface area contributed by atoms with Gasteiger partial charge in [0.05, 0.1) is 6.54 Å². The lowest BCUT2D eigenvalue weighted by atomic mass is 10.0. The van der Waals surface area contributed by atoms with Crippen molar-refractivity contribution in [3.05, 3.63) is 0 Å². The zero-order valence-corrected chi connectivity index (χ0v) is 8.33. The molecule has 4 heteroatoms. The molecule has 0 bridgehead atoms. The number of hydrogen-bond donors (Lipinski definition) is 1. The molecule has 1 rings (SSSR count). The van der Waals surface area contributed by atoms with Crippen LogP contribution in [0.2, 0.25) is 0 Å². The molecule has 0 aliphatic carbocycles. The fraction of sp³-hybridized carbons (Fsp3) is 0.778. The monoisotopic (exact) mass is 184 g/mol. The van der Waals surface area contributed by atoms with Crippen LogP contribution in [0, 0.1) is 5.92 Å². The molecule has 0 spiro atoms. The first-order chi connectivity index (χ1) is 6.02. The highest BCUT2D eigenvalue weighted by molar-refractivity contribution is 5.94. The molecule has 74 valence electrons. The number of carbonyl (C=O) groups is 2. The van der Waals surface area contributed by atoms with E-state index in [0.717, 1.165) is 6.42 Å². The summed E-state index contributed by atoms with van der Waals surface area (Å²) < 4.78 is 0. The number of carbonyl (C=O) groups excluding carboxylic acids is 2. The maximum absolute atomic E-state index is 11.4. The Hall–Kier alpha value is -1.06. The smallest absolute Gasteiger partial charge is 0.243 e. The quantitative estimate of drug-likeness (QED) is 0.656. The predicted octanol–water partition coefficient (Wildman–Crippen LogP) is -0.0107. The first kappa shape index (κ1) is 10.0. The van der Waals surface area contributed by atoms with Crippen LogP contribution >= 0.6 is 0 Å². The Balaban J connectivity index is 2.66. The van der Waals surface area contributed by atoms with E-state index in [4.69, 9.17) is 0 Å². The molecule has 1 unspecified atom stereocenters. The standard InChI is InChI=1S/C9H16N2O2/c1-6(2)4-7-9(13)10-5-8(12)11(7)3/h6-7H,4-5H2,1-3H3,(H,10,13).